The lowest BCUT2D eigenvalue weighted by atomic mass is 9.95. The lowest BCUT2D eigenvalue weighted by Gasteiger charge is -2.33. The fourth-order valence-electron chi connectivity index (χ4n) is 3.39. The molecule has 1 amide bonds. The predicted molar refractivity (Wildman–Crippen MR) is 105 cm³/mol. The summed E-state index contributed by atoms with van der Waals surface area (Å²) in [5.41, 5.74) is -1.89. The predicted octanol–water partition coefficient (Wildman–Crippen LogP) is 3.78. The number of hydrogen-bond acceptors (Lipinski definition) is 4. The molecule has 1 N–H and O–H groups in total. The highest BCUT2D eigenvalue weighted by atomic mass is 32.2. The van der Waals surface area contributed by atoms with Crippen LogP contribution >= 0.6 is 0 Å². The van der Waals surface area contributed by atoms with Gasteiger partial charge in [0, 0.05) is 18.6 Å². The Balaban J connectivity index is 2.00. The normalized spacial score (nSPS) is 20.8. The molecule has 170 valence electrons. The molecule has 0 bridgehead atoms. The summed E-state index contributed by atoms with van der Waals surface area (Å²) in [6.07, 6.45) is -3.51. The molecule has 0 aliphatic heterocycles. The van der Waals surface area contributed by atoms with Crippen molar-refractivity contribution in [1.82, 2.24) is 10.2 Å². The minimum absolute atomic E-state index is 0.0484. The Labute approximate surface area is 174 Å². The molecule has 0 spiro atoms. The summed E-state index contributed by atoms with van der Waals surface area (Å²) in [4.78, 5) is 13.3. The first-order valence-corrected chi connectivity index (χ1v) is 11.3. The van der Waals surface area contributed by atoms with E-state index in [0.29, 0.717) is 25.0 Å². The van der Waals surface area contributed by atoms with E-state index in [1.807, 2.05) is 20.8 Å². The van der Waals surface area contributed by atoms with Gasteiger partial charge in [-0.3, -0.25) is 4.79 Å². The van der Waals surface area contributed by atoms with Crippen molar-refractivity contribution >= 4 is 15.7 Å². The molecule has 1 aliphatic rings. The van der Waals surface area contributed by atoms with Crippen LogP contribution in [-0.4, -0.2) is 49.6 Å². The molecular weight excluding hydrogens is 424 g/mol. The third kappa shape index (κ3) is 5.72. The van der Waals surface area contributed by atoms with Crippen LogP contribution in [0.25, 0.3) is 0 Å². The molecule has 0 saturated heterocycles. The summed E-state index contributed by atoms with van der Waals surface area (Å²) in [7, 11) is -2.31. The lowest BCUT2D eigenvalue weighted by molar-refractivity contribution is -0.140. The first-order valence-electron chi connectivity index (χ1n) is 9.74. The van der Waals surface area contributed by atoms with Crippen LogP contribution in [0.5, 0.6) is 0 Å². The van der Waals surface area contributed by atoms with Crippen LogP contribution in [0.3, 0.4) is 0 Å². The first-order chi connectivity index (χ1) is 13.6. The molecule has 1 saturated carbocycles. The molecular formula is C20H28F4N2O3S. The lowest BCUT2D eigenvalue weighted by Crippen LogP contribution is -2.48. The molecule has 1 aliphatic carbocycles. The van der Waals surface area contributed by atoms with Gasteiger partial charge in [0.2, 0.25) is 5.91 Å². The van der Waals surface area contributed by atoms with E-state index in [1.165, 1.54) is 0 Å². The van der Waals surface area contributed by atoms with Crippen molar-refractivity contribution in [1.29, 1.82) is 0 Å². The minimum Gasteiger partial charge on any atom is -0.340 e. The third-order valence-electron chi connectivity index (χ3n) is 5.61. The number of nitrogens with one attached hydrogen (secondary N) is 1. The number of nitrogens with zero attached hydrogens (tertiary/aromatic N) is 1. The Kier molecular flexibility index (Phi) is 7.23. The monoisotopic (exact) mass is 452 g/mol. The van der Waals surface area contributed by atoms with Crippen molar-refractivity contribution in [2.75, 3.05) is 13.6 Å². The second-order valence-electron chi connectivity index (χ2n) is 8.66. The van der Waals surface area contributed by atoms with E-state index in [1.54, 1.807) is 11.9 Å². The van der Waals surface area contributed by atoms with Gasteiger partial charge in [-0.15, -0.1) is 0 Å². The van der Waals surface area contributed by atoms with Crippen molar-refractivity contribution in [3.8, 4) is 0 Å². The summed E-state index contributed by atoms with van der Waals surface area (Å²) in [6, 6.07) is 1.74. The van der Waals surface area contributed by atoms with Crippen molar-refractivity contribution in [3.05, 3.63) is 29.6 Å². The molecule has 0 aromatic heterocycles. The fraction of sp³-hybridized carbons (Fsp3) is 0.650. The Hall–Kier alpha value is -1.68. The minimum atomic E-state index is -4.97. The van der Waals surface area contributed by atoms with Crippen molar-refractivity contribution in [3.63, 3.8) is 0 Å². The van der Waals surface area contributed by atoms with Crippen molar-refractivity contribution in [2.45, 2.75) is 74.4 Å². The standard InChI is InChI=1S/C20H28F4N2O3S/c1-19(2,3)26(4)18(27)12-25-13-5-7-14(8-6-13)30(28,29)15-9-10-17(21)16(11-15)20(22,23)24/h9-11,13-14,25H,5-8,12H2,1-4H3. The topological polar surface area (TPSA) is 66.5 Å². The smallest absolute Gasteiger partial charge is 0.340 e. The number of hydrogen-bond donors (Lipinski definition) is 1. The maximum Gasteiger partial charge on any atom is 0.419 e. The zero-order valence-corrected chi connectivity index (χ0v) is 18.3. The van der Waals surface area contributed by atoms with Crippen LogP contribution in [0.1, 0.15) is 52.0 Å². The summed E-state index contributed by atoms with van der Waals surface area (Å²) in [5.74, 6) is -1.58. The van der Waals surface area contributed by atoms with Crippen LogP contribution in [0.15, 0.2) is 23.1 Å². The number of alkyl halides is 3. The van der Waals surface area contributed by atoms with Gasteiger partial charge in [-0.05, 0) is 64.7 Å². The van der Waals surface area contributed by atoms with E-state index in [4.69, 9.17) is 0 Å². The van der Waals surface area contributed by atoms with Crippen LogP contribution in [0.4, 0.5) is 17.6 Å². The van der Waals surface area contributed by atoms with Gasteiger partial charge in [0.15, 0.2) is 9.84 Å². The SMILES string of the molecule is CN(C(=O)CNC1CCC(S(=O)(=O)c2ccc(F)c(C(F)(F)F)c2)CC1)C(C)(C)C. The molecule has 1 fully saturated rings. The van der Waals surface area contributed by atoms with Crippen LogP contribution in [-0.2, 0) is 20.8 Å². The van der Waals surface area contributed by atoms with E-state index >= 15 is 0 Å². The van der Waals surface area contributed by atoms with E-state index in [9.17, 15) is 30.8 Å². The number of benzene rings is 1. The highest BCUT2D eigenvalue weighted by molar-refractivity contribution is 7.92. The largest absolute Gasteiger partial charge is 0.419 e. The van der Waals surface area contributed by atoms with E-state index in [2.05, 4.69) is 5.32 Å². The molecule has 2 rings (SSSR count). The Morgan fingerprint density at radius 3 is 2.20 bits per heavy atom. The van der Waals surface area contributed by atoms with E-state index < -0.39 is 37.5 Å². The molecule has 1 aromatic carbocycles. The molecule has 5 nitrogen and oxygen atoms in total. The van der Waals surface area contributed by atoms with Crippen LogP contribution < -0.4 is 5.32 Å². The Bertz CT molecular complexity index is 871. The van der Waals surface area contributed by atoms with Gasteiger partial charge in [-0.1, -0.05) is 0 Å². The van der Waals surface area contributed by atoms with Crippen LogP contribution in [0.2, 0.25) is 0 Å². The molecule has 0 radical (unpaired) electrons. The molecule has 0 heterocycles. The number of carbonyl (C=O) groups is 1. The highest BCUT2D eigenvalue weighted by Crippen LogP contribution is 2.35. The molecule has 0 atom stereocenters. The summed E-state index contributed by atoms with van der Waals surface area (Å²) >= 11 is 0. The zero-order valence-electron chi connectivity index (χ0n) is 17.5. The second kappa shape index (κ2) is 8.82. The average Bonchev–Trinajstić information content (AvgIpc) is 2.64. The quantitative estimate of drug-likeness (QED) is 0.546. The van der Waals surface area contributed by atoms with Gasteiger partial charge in [-0.25, -0.2) is 12.8 Å². The summed E-state index contributed by atoms with van der Waals surface area (Å²) in [6.45, 7) is 5.88. The number of amides is 1. The number of halogens is 4. The highest BCUT2D eigenvalue weighted by Gasteiger charge is 2.37. The summed E-state index contributed by atoms with van der Waals surface area (Å²) in [5, 5.41) is 2.30. The van der Waals surface area contributed by atoms with Gasteiger partial charge in [0.1, 0.15) is 5.82 Å². The first kappa shape index (κ1) is 24.6. The van der Waals surface area contributed by atoms with Crippen molar-refractivity contribution < 1.29 is 30.8 Å². The zero-order chi connectivity index (χ0) is 22.9. The van der Waals surface area contributed by atoms with Crippen LogP contribution in [0, 0.1) is 5.82 Å². The van der Waals surface area contributed by atoms with E-state index in [0.717, 1.165) is 6.07 Å². The van der Waals surface area contributed by atoms with Gasteiger partial charge >= 0.3 is 6.18 Å². The number of rotatable bonds is 5. The van der Waals surface area contributed by atoms with Gasteiger partial charge in [-0.2, -0.15) is 13.2 Å². The number of likely N-dealkylation sites (N-methyl/N-ethyl adjacent to an activating group) is 1. The average molecular weight is 453 g/mol. The fourth-order valence-corrected chi connectivity index (χ4v) is 5.21. The molecule has 1 aromatic rings. The second-order valence-corrected chi connectivity index (χ2v) is 10.9. The van der Waals surface area contributed by atoms with Gasteiger partial charge in [0.05, 0.1) is 22.3 Å². The Morgan fingerprint density at radius 1 is 1.13 bits per heavy atom. The number of sulfone groups is 1. The number of carbonyl (C=O) groups excluding carboxylic acids is 1. The molecule has 30 heavy (non-hydrogen) atoms. The maximum atomic E-state index is 13.5. The van der Waals surface area contributed by atoms with Crippen molar-refractivity contribution in [2.24, 2.45) is 0 Å². The van der Waals surface area contributed by atoms with Gasteiger partial charge < -0.3 is 10.2 Å². The Morgan fingerprint density at radius 2 is 1.70 bits per heavy atom. The van der Waals surface area contributed by atoms with Gasteiger partial charge in [0.25, 0.3) is 0 Å². The summed E-state index contributed by atoms with van der Waals surface area (Å²) < 4.78 is 77.8. The molecule has 0 unspecified atom stereocenters. The van der Waals surface area contributed by atoms with E-state index in [-0.39, 0.29) is 36.9 Å². The maximum absolute atomic E-state index is 13.5. The third-order valence-corrected chi connectivity index (χ3v) is 7.87. The molecule has 10 heteroatoms.